The molecule has 1 atom stereocenters. The van der Waals surface area contributed by atoms with Crippen LogP contribution in [-0.4, -0.2) is 12.0 Å². The smallest absolute Gasteiger partial charge is 0.128 e. The molecule has 0 aliphatic rings. The zero-order valence-corrected chi connectivity index (χ0v) is 12.3. The fourth-order valence-electron chi connectivity index (χ4n) is 2.19. The van der Waals surface area contributed by atoms with Gasteiger partial charge in [0.25, 0.3) is 0 Å². The summed E-state index contributed by atoms with van der Waals surface area (Å²) in [5.41, 5.74) is 8.66. The van der Waals surface area contributed by atoms with Gasteiger partial charge in [-0.25, -0.2) is 9.37 Å². The average molecular weight is 324 g/mol. The van der Waals surface area contributed by atoms with Gasteiger partial charge in [-0.3, -0.25) is 0 Å². The Bertz CT molecular complexity index is 561. The summed E-state index contributed by atoms with van der Waals surface area (Å²) >= 11 is 3.31. The van der Waals surface area contributed by atoms with Crippen molar-refractivity contribution in [1.29, 1.82) is 0 Å². The minimum Gasteiger partial charge on any atom is -0.383 e. The van der Waals surface area contributed by atoms with Crippen molar-refractivity contribution in [3.63, 3.8) is 0 Å². The number of rotatable bonds is 3. The molecule has 0 bridgehead atoms. The summed E-state index contributed by atoms with van der Waals surface area (Å²) in [7, 11) is 1.81. The van der Waals surface area contributed by atoms with Gasteiger partial charge in [-0.2, -0.15) is 0 Å². The van der Waals surface area contributed by atoms with Gasteiger partial charge in [0.1, 0.15) is 11.6 Å². The van der Waals surface area contributed by atoms with Crippen molar-refractivity contribution in [3.05, 3.63) is 57.4 Å². The number of anilines is 1. The van der Waals surface area contributed by atoms with Gasteiger partial charge in [0, 0.05) is 16.2 Å². The van der Waals surface area contributed by atoms with E-state index in [-0.39, 0.29) is 11.9 Å². The number of halogens is 2. The Kier molecular flexibility index (Phi) is 4.17. The third-order valence-electron chi connectivity index (χ3n) is 3.03. The van der Waals surface area contributed by atoms with Crippen LogP contribution < -0.4 is 11.1 Å². The molecule has 2 aromatic rings. The number of hydrogen-bond donors (Lipinski definition) is 2. The first-order valence-electron chi connectivity index (χ1n) is 5.87. The minimum absolute atomic E-state index is 0.194. The number of nitrogen functional groups attached to an aromatic ring is 1. The van der Waals surface area contributed by atoms with Gasteiger partial charge in [-0.05, 0) is 49.4 Å². The first-order valence-corrected chi connectivity index (χ1v) is 6.66. The molecule has 5 heteroatoms. The molecule has 0 fully saturated rings. The van der Waals surface area contributed by atoms with Crippen LogP contribution in [0.2, 0.25) is 0 Å². The predicted molar refractivity (Wildman–Crippen MR) is 78.4 cm³/mol. The van der Waals surface area contributed by atoms with E-state index in [1.54, 1.807) is 6.20 Å². The topological polar surface area (TPSA) is 50.9 Å². The molecule has 1 heterocycles. The zero-order chi connectivity index (χ0) is 14.0. The molecule has 0 aliphatic carbocycles. The summed E-state index contributed by atoms with van der Waals surface area (Å²) in [6, 6.07) is 6.49. The second kappa shape index (κ2) is 5.67. The molecule has 1 unspecified atom stereocenters. The Hall–Kier alpha value is -1.46. The zero-order valence-electron chi connectivity index (χ0n) is 10.7. The minimum atomic E-state index is -0.287. The monoisotopic (exact) mass is 323 g/mol. The predicted octanol–water partition coefficient (Wildman–Crippen LogP) is 3.18. The highest BCUT2D eigenvalue weighted by molar-refractivity contribution is 9.10. The molecule has 19 heavy (non-hydrogen) atoms. The lowest BCUT2D eigenvalue weighted by Crippen LogP contribution is -2.21. The quantitative estimate of drug-likeness (QED) is 0.912. The molecule has 1 aromatic carbocycles. The highest BCUT2D eigenvalue weighted by Gasteiger charge is 2.18. The largest absolute Gasteiger partial charge is 0.383 e. The second-order valence-corrected chi connectivity index (χ2v) is 5.27. The molecule has 0 aliphatic heterocycles. The van der Waals surface area contributed by atoms with Gasteiger partial charge in [0.05, 0.1) is 6.04 Å². The van der Waals surface area contributed by atoms with E-state index >= 15 is 0 Å². The van der Waals surface area contributed by atoms with E-state index in [0.29, 0.717) is 10.3 Å². The molecule has 1 aromatic heterocycles. The molecule has 3 nitrogen and oxygen atoms in total. The van der Waals surface area contributed by atoms with E-state index in [2.05, 4.69) is 26.2 Å². The van der Waals surface area contributed by atoms with Crippen LogP contribution in [0.5, 0.6) is 0 Å². The fraction of sp³-hybridized carbons (Fsp3) is 0.214. The number of pyridine rings is 1. The van der Waals surface area contributed by atoms with Crippen molar-refractivity contribution in [2.24, 2.45) is 0 Å². The van der Waals surface area contributed by atoms with Crippen molar-refractivity contribution >= 4 is 21.7 Å². The maximum Gasteiger partial charge on any atom is 0.128 e. The summed E-state index contributed by atoms with van der Waals surface area (Å²) in [5.74, 6) is 0.171. The first-order chi connectivity index (χ1) is 9.02. The molecule has 0 amide bonds. The van der Waals surface area contributed by atoms with Crippen molar-refractivity contribution in [2.75, 3.05) is 12.8 Å². The number of hydrogen-bond acceptors (Lipinski definition) is 3. The Morgan fingerprint density at radius 1 is 1.37 bits per heavy atom. The molecular formula is C14H15BrFN3. The van der Waals surface area contributed by atoms with E-state index in [1.165, 1.54) is 12.1 Å². The Morgan fingerprint density at radius 3 is 2.68 bits per heavy atom. The summed E-state index contributed by atoms with van der Waals surface area (Å²) in [6.45, 7) is 1.96. The highest BCUT2D eigenvalue weighted by atomic mass is 79.9. The summed E-state index contributed by atoms with van der Waals surface area (Å²) < 4.78 is 14.2. The molecule has 0 saturated heterocycles. The van der Waals surface area contributed by atoms with E-state index < -0.39 is 0 Å². The number of nitrogens with two attached hydrogens (primary N) is 1. The van der Waals surface area contributed by atoms with Crippen molar-refractivity contribution < 1.29 is 4.39 Å². The fourth-order valence-corrected chi connectivity index (χ4v) is 2.67. The van der Waals surface area contributed by atoms with Crippen LogP contribution in [0.25, 0.3) is 0 Å². The number of nitrogens with zero attached hydrogens (tertiary/aromatic N) is 1. The highest BCUT2D eigenvalue weighted by Crippen LogP contribution is 2.30. The van der Waals surface area contributed by atoms with Crippen LogP contribution in [-0.2, 0) is 0 Å². The SMILES string of the molecule is CNC(c1cc(F)cc(Br)c1)c1c(C)ccnc1N. The average Bonchev–Trinajstić information content (AvgIpc) is 2.32. The van der Waals surface area contributed by atoms with Gasteiger partial charge in [0.2, 0.25) is 0 Å². The van der Waals surface area contributed by atoms with Gasteiger partial charge in [0.15, 0.2) is 0 Å². The van der Waals surface area contributed by atoms with Crippen LogP contribution >= 0.6 is 15.9 Å². The maximum atomic E-state index is 13.5. The maximum absolute atomic E-state index is 13.5. The normalized spacial score (nSPS) is 12.4. The Balaban J connectivity index is 2.56. The molecular weight excluding hydrogens is 309 g/mol. The molecule has 0 radical (unpaired) electrons. The second-order valence-electron chi connectivity index (χ2n) is 4.35. The molecule has 3 N–H and O–H groups in total. The third-order valence-corrected chi connectivity index (χ3v) is 3.49. The van der Waals surface area contributed by atoms with Crippen LogP contribution in [0.1, 0.15) is 22.7 Å². The Labute approximate surface area is 120 Å². The van der Waals surface area contributed by atoms with E-state index in [1.807, 2.05) is 26.1 Å². The van der Waals surface area contributed by atoms with Gasteiger partial charge in [-0.15, -0.1) is 0 Å². The van der Waals surface area contributed by atoms with Gasteiger partial charge in [-0.1, -0.05) is 15.9 Å². The van der Waals surface area contributed by atoms with Crippen LogP contribution in [0.3, 0.4) is 0 Å². The third kappa shape index (κ3) is 2.93. The summed E-state index contributed by atoms with van der Waals surface area (Å²) in [5, 5.41) is 3.16. The first kappa shape index (κ1) is 14.0. The summed E-state index contributed by atoms with van der Waals surface area (Å²) in [4.78, 5) is 4.11. The number of aromatic nitrogens is 1. The van der Waals surface area contributed by atoms with Crippen molar-refractivity contribution in [1.82, 2.24) is 10.3 Å². The number of benzene rings is 1. The standard InChI is InChI=1S/C14H15BrFN3/c1-8-3-4-19-14(17)12(8)13(18-2)9-5-10(15)7-11(16)6-9/h3-7,13,18H,1-2H3,(H2,17,19). The lowest BCUT2D eigenvalue weighted by atomic mass is 9.96. The van der Waals surface area contributed by atoms with Gasteiger partial charge < -0.3 is 11.1 Å². The van der Waals surface area contributed by atoms with E-state index in [0.717, 1.165) is 16.7 Å². The van der Waals surface area contributed by atoms with Crippen LogP contribution in [0, 0.1) is 12.7 Å². The van der Waals surface area contributed by atoms with Crippen molar-refractivity contribution in [2.45, 2.75) is 13.0 Å². The summed E-state index contributed by atoms with van der Waals surface area (Å²) in [6.07, 6.45) is 1.67. The molecule has 0 saturated carbocycles. The van der Waals surface area contributed by atoms with E-state index in [9.17, 15) is 4.39 Å². The molecule has 100 valence electrons. The van der Waals surface area contributed by atoms with Crippen molar-refractivity contribution in [3.8, 4) is 0 Å². The van der Waals surface area contributed by atoms with Crippen LogP contribution in [0.4, 0.5) is 10.2 Å². The molecule has 0 spiro atoms. The number of nitrogens with one attached hydrogen (secondary N) is 1. The Morgan fingerprint density at radius 2 is 2.11 bits per heavy atom. The lowest BCUT2D eigenvalue weighted by molar-refractivity contribution is 0.615. The van der Waals surface area contributed by atoms with Gasteiger partial charge >= 0.3 is 0 Å². The van der Waals surface area contributed by atoms with E-state index in [4.69, 9.17) is 5.73 Å². The lowest BCUT2D eigenvalue weighted by Gasteiger charge is -2.21. The number of aryl methyl sites for hydroxylation is 1. The van der Waals surface area contributed by atoms with Crippen LogP contribution in [0.15, 0.2) is 34.9 Å². The molecule has 2 rings (SSSR count).